The Labute approximate surface area is 187 Å². The first kappa shape index (κ1) is 21.9. The monoisotopic (exact) mass is 439 g/mol. The van der Waals surface area contributed by atoms with Gasteiger partial charge in [-0.2, -0.15) is 0 Å². The molecule has 2 aliphatic rings. The summed E-state index contributed by atoms with van der Waals surface area (Å²) in [5.41, 5.74) is 4.02. The number of nitrogens with one attached hydrogen (secondary N) is 1. The van der Waals surface area contributed by atoms with Gasteiger partial charge in [0.2, 0.25) is 0 Å². The van der Waals surface area contributed by atoms with E-state index in [1.54, 1.807) is 13.2 Å². The second kappa shape index (κ2) is 9.04. The van der Waals surface area contributed by atoms with Crippen LogP contribution in [0.4, 0.5) is 21.1 Å². The molecule has 4 rings (SSSR count). The van der Waals surface area contributed by atoms with Crippen molar-refractivity contribution in [3.05, 3.63) is 53.2 Å². The van der Waals surface area contributed by atoms with E-state index in [9.17, 15) is 9.59 Å². The SMILES string of the molecule is CC(Nc1cc2c(cn1)COC(=O)N2C)c1ccc(C(C)N2CCN(C(=O)O)CC2)cc1. The Kier molecular flexibility index (Phi) is 6.18. The Morgan fingerprint density at radius 2 is 1.78 bits per heavy atom. The van der Waals surface area contributed by atoms with Crippen molar-refractivity contribution in [2.45, 2.75) is 32.5 Å². The molecule has 1 aromatic heterocycles. The van der Waals surface area contributed by atoms with Crippen LogP contribution in [0.2, 0.25) is 0 Å². The summed E-state index contributed by atoms with van der Waals surface area (Å²) < 4.78 is 5.09. The summed E-state index contributed by atoms with van der Waals surface area (Å²) in [6.45, 7) is 7.03. The molecule has 0 bridgehead atoms. The second-order valence-electron chi connectivity index (χ2n) is 8.33. The highest BCUT2D eigenvalue weighted by atomic mass is 16.6. The third-order valence-corrected chi connectivity index (χ3v) is 6.36. The van der Waals surface area contributed by atoms with Crippen molar-refractivity contribution in [3.63, 3.8) is 0 Å². The molecule has 170 valence electrons. The van der Waals surface area contributed by atoms with Crippen LogP contribution in [0.3, 0.4) is 0 Å². The lowest BCUT2D eigenvalue weighted by Crippen LogP contribution is -2.48. The van der Waals surface area contributed by atoms with E-state index in [0.717, 1.165) is 29.9 Å². The Morgan fingerprint density at radius 3 is 2.44 bits per heavy atom. The van der Waals surface area contributed by atoms with Gasteiger partial charge in [-0.05, 0) is 25.0 Å². The van der Waals surface area contributed by atoms with Gasteiger partial charge in [0.15, 0.2) is 0 Å². The molecule has 2 amide bonds. The predicted octanol–water partition coefficient (Wildman–Crippen LogP) is 3.70. The fourth-order valence-corrected chi connectivity index (χ4v) is 4.19. The quantitative estimate of drug-likeness (QED) is 0.733. The number of piperazine rings is 1. The maximum absolute atomic E-state index is 11.8. The van der Waals surface area contributed by atoms with Crippen LogP contribution in [0.25, 0.3) is 0 Å². The van der Waals surface area contributed by atoms with E-state index >= 15 is 0 Å². The van der Waals surface area contributed by atoms with Crippen molar-refractivity contribution in [3.8, 4) is 0 Å². The molecule has 2 unspecified atom stereocenters. The number of amides is 2. The van der Waals surface area contributed by atoms with Crippen LogP contribution < -0.4 is 10.2 Å². The molecule has 2 atom stereocenters. The van der Waals surface area contributed by atoms with Crippen molar-refractivity contribution in [2.75, 3.05) is 43.4 Å². The first-order valence-electron chi connectivity index (χ1n) is 10.8. The molecular formula is C23H29N5O4. The molecule has 2 aromatic rings. The highest BCUT2D eigenvalue weighted by Crippen LogP contribution is 2.29. The molecule has 9 nitrogen and oxygen atoms in total. The number of cyclic esters (lactones) is 1. The van der Waals surface area contributed by atoms with E-state index < -0.39 is 6.09 Å². The number of fused-ring (bicyclic) bond motifs is 1. The minimum Gasteiger partial charge on any atom is -0.465 e. The number of hydrogen-bond acceptors (Lipinski definition) is 6. The molecule has 3 heterocycles. The number of carbonyl (C=O) groups excluding carboxylic acids is 1. The molecule has 32 heavy (non-hydrogen) atoms. The maximum Gasteiger partial charge on any atom is 0.414 e. The van der Waals surface area contributed by atoms with Crippen molar-refractivity contribution in [2.24, 2.45) is 0 Å². The van der Waals surface area contributed by atoms with Crippen LogP contribution in [-0.2, 0) is 11.3 Å². The predicted molar refractivity (Wildman–Crippen MR) is 121 cm³/mol. The van der Waals surface area contributed by atoms with Gasteiger partial charge >= 0.3 is 12.2 Å². The minimum absolute atomic E-state index is 0.0323. The first-order chi connectivity index (χ1) is 15.3. The van der Waals surface area contributed by atoms with E-state index in [0.29, 0.717) is 18.9 Å². The molecule has 0 spiro atoms. The van der Waals surface area contributed by atoms with E-state index in [2.05, 4.69) is 53.3 Å². The van der Waals surface area contributed by atoms with Crippen LogP contribution in [0.1, 0.15) is 42.6 Å². The highest BCUT2D eigenvalue weighted by molar-refractivity contribution is 5.90. The number of rotatable bonds is 5. The largest absolute Gasteiger partial charge is 0.465 e. The normalized spacial score (nSPS) is 18.5. The topological polar surface area (TPSA) is 98.2 Å². The number of ether oxygens (including phenoxy) is 1. The van der Waals surface area contributed by atoms with Crippen LogP contribution in [0, 0.1) is 0 Å². The van der Waals surface area contributed by atoms with E-state index in [1.165, 1.54) is 15.4 Å². The average Bonchev–Trinajstić information content (AvgIpc) is 2.81. The van der Waals surface area contributed by atoms with Gasteiger partial charge in [-0.15, -0.1) is 0 Å². The van der Waals surface area contributed by atoms with Crippen LogP contribution in [0.15, 0.2) is 36.5 Å². The van der Waals surface area contributed by atoms with E-state index in [4.69, 9.17) is 9.84 Å². The van der Waals surface area contributed by atoms with Crippen molar-refractivity contribution >= 4 is 23.7 Å². The summed E-state index contributed by atoms with van der Waals surface area (Å²) in [6.07, 6.45) is 0.530. The summed E-state index contributed by atoms with van der Waals surface area (Å²) in [4.78, 5) is 32.6. The van der Waals surface area contributed by atoms with Crippen molar-refractivity contribution in [1.29, 1.82) is 0 Å². The molecule has 0 saturated carbocycles. The lowest BCUT2D eigenvalue weighted by atomic mass is 10.0. The molecule has 0 aliphatic carbocycles. The smallest absolute Gasteiger partial charge is 0.414 e. The van der Waals surface area contributed by atoms with Crippen molar-refractivity contribution in [1.82, 2.24) is 14.8 Å². The third kappa shape index (κ3) is 4.47. The van der Waals surface area contributed by atoms with Crippen LogP contribution in [0.5, 0.6) is 0 Å². The molecule has 1 saturated heterocycles. The van der Waals surface area contributed by atoms with E-state index in [-0.39, 0.29) is 24.8 Å². The number of hydrogen-bond donors (Lipinski definition) is 2. The number of carboxylic acid groups (broad SMARTS) is 1. The van der Waals surface area contributed by atoms with Gasteiger partial charge in [0.1, 0.15) is 12.4 Å². The zero-order chi connectivity index (χ0) is 22.8. The molecule has 9 heteroatoms. The van der Waals surface area contributed by atoms with Crippen LogP contribution >= 0.6 is 0 Å². The van der Waals surface area contributed by atoms with Gasteiger partial charge < -0.3 is 20.1 Å². The fraction of sp³-hybridized carbons (Fsp3) is 0.435. The highest BCUT2D eigenvalue weighted by Gasteiger charge is 2.25. The van der Waals surface area contributed by atoms with Gasteiger partial charge in [-0.1, -0.05) is 24.3 Å². The van der Waals surface area contributed by atoms with Gasteiger partial charge in [0, 0.05) is 63.1 Å². The Balaban J connectivity index is 1.39. The molecule has 1 aromatic carbocycles. The Bertz CT molecular complexity index is 988. The standard InChI is InChI=1S/C23H29N5O4/c1-15(25-21-12-20-19(13-24-21)14-32-23(31)26(20)3)17-4-6-18(7-5-17)16(2)27-8-10-28(11-9-27)22(29)30/h4-7,12-13,15-16H,8-11,14H2,1-3H3,(H,24,25)(H,29,30). The van der Waals surface area contributed by atoms with Gasteiger partial charge in [-0.3, -0.25) is 9.80 Å². The van der Waals surface area contributed by atoms with E-state index in [1.807, 2.05) is 6.07 Å². The molecule has 2 N–H and O–H groups in total. The number of anilines is 2. The molecule has 1 fully saturated rings. The molecular weight excluding hydrogens is 410 g/mol. The second-order valence-corrected chi connectivity index (χ2v) is 8.33. The zero-order valence-corrected chi connectivity index (χ0v) is 18.6. The summed E-state index contributed by atoms with van der Waals surface area (Å²) in [5.74, 6) is 0.701. The number of carbonyl (C=O) groups is 2. The minimum atomic E-state index is -0.844. The summed E-state index contributed by atoms with van der Waals surface area (Å²) in [6, 6.07) is 10.6. The van der Waals surface area contributed by atoms with Crippen molar-refractivity contribution < 1.29 is 19.4 Å². The summed E-state index contributed by atoms with van der Waals surface area (Å²) in [7, 11) is 1.69. The fourth-order valence-electron chi connectivity index (χ4n) is 4.19. The lowest BCUT2D eigenvalue weighted by Gasteiger charge is -2.37. The third-order valence-electron chi connectivity index (χ3n) is 6.36. The Morgan fingerprint density at radius 1 is 1.12 bits per heavy atom. The molecule has 0 radical (unpaired) electrons. The maximum atomic E-state index is 11.8. The Hall–Kier alpha value is -3.33. The number of aromatic nitrogens is 1. The number of pyridine rings is 1. The zero-order valence-electron chi connectivity index (χ0n) is 18.6. The van der Waals surface area contributed by atoms with Gasteiger partial charge in [-0.25, -0.2) is 14.6 Å². The van der Waals surface area contributed by atoms with Gasteiger partial charge in [0.25, 0.3) is 0 Å². The molecule has 2 aliphatic heterocycles. The lowest BCUT2D eigenvalue weighted by molar-refractivity contribution is 0.0889. The number of benzene rings is 1. The van der Waals surface area contributed by atoms with Crippen LogP contribution in [-0.4, -0.2) is 65.3 Å². The number of nitrogens with zero attached hydrogens (tertiary/aromatic N) is 4. The average molecular weight is 440 g/mol. The van der Waals surface area contributed by atoms with Gasteiger partial charge in [0.05, 0.1) is 5.69 Å². The summed E-state index contributed by atoms with van der Waals surface area (Å²) in [5, 5.41) is 12.5. The first-order valence-corrected chi connectivity index (χ1v) is 10.8. The summed E-state index contributed by atoms with van der Waals surface area (Å²) >= 11 is 0.